The van der Waals surface area contributed by atoms with Crippen LogP contribution in [-0.2, 0) is 10.0 Å². The van der Waals surface area contributed by atoms with Crippen molar-refractivity contribution in [1.82, 2.24) is 4.72 Å². The second-order valence-electron chi connectivity index (χ2n) is 5.28. The summed E-state index contributed by atoms with van der Waals surface area (Å²) in [7, 11) is 0.0738. The van der Waals surface area contributed by atoms with Crippen molar-refractivity contribution in [2.75, 3.05) is 25.5 Å². The van der Waals surface area contributed by atoms with Crippen LogP contribution in [0.2, 0.25) is 5.02 Å². The smallest absolute Gasteiger partial charge is 0.242 e. The van der Waals surface area contributed by atoms with Gasteiger partial charge < -0.3 is 10.0 Å². The average Bonchev–Trinajstić information content (AvgIpc) is 2.53. The van der Waals surface area contributed by atoms with Crippen LogP contribution in [-0.4, -0.2) is 34.2 Å². The molecular weight excluding hydrogens is 336 g/mol. The molecule has 0 aliphatic heterocycles. The number of anilines is 1. The number of hydrogen-bond donors (Lipinski definition) is 2. The molecule has 0 heterocycles. The zero-order chi connectivity index (χ0) is 17.0. The van der Waals surface area contributed by atoms with Gasteiger partial charge >= 0.3 is 0 Å². The standard InChI is InChI=1S/C16H19ClN2O3S/c1-19(2)13-9-7-12(8-10-13)15(20)11-18-23(21,22)16-6-4-3-5-14(16)17/h3-10,15,18,20H,11H2,1-2H3. The molecule has 1 atom stereocenters. The molecule has 0 amide bonds. The molecule has 7 heteroatoms. The van der Waals surface area contributed by atoms with Gasteiger partial charge in [0.2, 0.25) is 10.0 Å². The Hall–Kier alpha value is -1.60. The van der Waals surface area contributed by atoms with Crippen LogP contribution in [0.4, 0.5) is 5.69 Å². The van der Waals surface area contributed by atoms with Gasteiger partial charge in [-0.2, -0.15) is 0 Å². The van der Waals surface area contributed by atoms with Crippen molar-refractivity contribution in [3.63, 3.8) is 0 Å². The number of sulfonamides is 1. The van der Waals surface area contributed by atoms with Crippen LogP contribution in [0.5, 0.6) is 0 Å². The van der Waals surface area contributed by atoms with E-state index < -0.39 is 16.1 Å². The maximum Gasteiger partial charge on any atom is 0.242 e. The number of aliphatic hydroxyl groups is 1. The van der Waals surface area contributed by atoms with E-state index >= 15 is 0 Å². The van der Waals surface area contributed by atoms with E-state index in [9.17, 15) is 13.5 Å². The van der Waals surface area contributed by atoms with E-state index in [0.717, 1.165) is 5.69 Å². The molecule has 0 radical (unpaired) electrons. The first-order valence-electron chi connectivity index (χ1n) is 7.01. The molecule has 2 N–H and O–H groups in total. The van der Waals surface area contributed by atoms with E-state index in [4.69, 9.17) is 11.6 Å². The summed E-state index contributed by atoms with van der Waals surface area (Å²) in [6.45, 7) is -0.130. The summed E-state index contributed by atoms with van der Waals surface area (Å²) in [4.78, 5) is 1.94. The number of nitrogens with zero attached hydrogens (tertiary/aromatic N) is 1. The van der Waals surface area contributed by atoms with Gasteiger partial charge in [-0.15, -0.1) is 0 Å². The number of rotatable bonds is 6. The summed E-state index contributed by atoms with van der Waals surface area (Å²) in [6.07, 6.45) is -0.941. The third-order valence-corrected chi connectivity index (χ3v) is 5.31. The van der Waals surface area contributed by atoms with Gasteiger partial charge in [0.05, 0.1) is 11.1 Å². The van der Waals surface area contributed by atoms with Crippen molar-refractivity contribution in [3.05, 3.63) is 59.1 Å². The molecule has 0 spiro atoms. The molecule has 124 valence electrons. The zero-order valence-corrected chi connectivity index (χ0v) is 14.5. The maximum absolute atomic E-state index is 12.2. The predicted octanol–water partition coefficient (Wildman–Crippen LogP) is 2.42. The number of hydrogen-bond acceptors (Lipinski definition) is 4. The quantitative estimate of drug-likeness (QED) is 0.835. The summed E-state index contributed by atoms with van der Waals surface area (Å²) in [5.41, 5.74) is 1.63. The Balaban J connectivity index is 2.06. The fourth-order valence-corrected chi connectivity index (χ4v) is 3.60. The van der Waals surface area contributed by atoms with Gasteiger partial charge in [-0.3, -0.25) is 0 Å². The van der Waals surface area contributed by atoms with Crippen molar-refractivity contribution in [2.24, 2.45) is 0 Å². The second kappa shape index (κ2) is 7.31. The Labute approximate surface area is 141 Å². The number of halogens is 1. The van der Waals surface area contributed by atoms with E-state index in [1.807, 2.05) is 31.1 Å². The molecule has 1 unspecified atom stereocenters. The number of aliphatic hydroxyl groups excluding tert-OH is 1. The highest BCUT2D eigenvalue weighted by atomic mass is 35.5. The van der Waals surface area contributed by atoms with Crippen molar-refractivity contribution < 1.29 is 13.5 Å². The largest absolute Gasteiger partial charge is 0.387 e. The van der Waals surface area contributed by atoms with Crippen LogP contribution in [0, 0.1) is 0 Å². The van der Waals surface area contributed by atoms with Gasteiger partial charge in [-0.05, 0) is 29.8 Å². The van der Waals surface area contributed by atoms with E-state index in [0.29, 0.717) is 5.56 Å². The monoisotopic (exact) mass is 354 g/mol. The summed E-state index contributed by atoms with van der Waals surface area (Å²) in [5.74, 6) is 0. The molecule has 0 fully saturated rings. The minimum absolute atomic E-state index is 0.00294. The molecule has 0 saturated carbocycles. The van der Waals surface area contributed by atoms with Gasteiger partial charge in [0.1, 0.15) is 4.90 Å². The molecule has 0 aliphatic rings. The number of nitrogens with one attached hydrogen (secondary N) is 1. The molecule has 2 aromatic carbocycles. The lowest BCUT2D eigenvalue weighted by Gasteiger charge is -2.16. The summed E-state index contributed by atoms with van der Waals surface area (Å²) in [6, 6.07) is 13.4. The minimum atomic E-state index is -3.77. The lowest BCUT2D eigenvalue weighted by molar-refractivity contribution is 0.182. The molecular formula is C16H19ClN2O3S. The van der Waals surface area contributed by atoms with Crippen LogP contribution in [0.15, 0.2) is 53.4 Å². The predicted molar refractivity (Wildman–Crippen MR) is 92.4 cm³/mol. The first kappa shape index (κ1) is 17.7. The molecule has 2 aromatic rings. The van der Waals surface area contributed by atoms with Crippen LogP contribution in [0.1, 0.15) is 11.7 Å². The van der Waals surface area contributed by atoms with Crippen molar-refractivity contribution >= 4 is 27.3 Å². The summed E-state index contributed by atoms with van der Waals surface area (Å²) >= 11 is 5.90. The Morgan fingerprint density at radius 2 is 1.74 bits per heavy atom. The van der Waals surface area contributed by atoms with E-state index in [1.165, 1.54) is 12.1 Å². The number of benzene rings is 2. The van der Waals surface area contributed by atoms with Crippen LogP contribution >= 0.6 is 11.6 Å². The third-order valence-electron chi connectivity index (χ3n) is 3.39. The normalized spacial score (nSPS) is 12.9. The van der Waals surface area contributed by atoms with Gasteiger partial charge in [0, 0.05) is 26.3 Å². The molecule has 0 saturated heterocycles. The molecule has 2 rings (SSSR count). The lowest BCUT2D eigenvalue weighted by Crippen LogP contribution is -2.28. The summed E-state index contributed by atoms with van der Waals surface area (Å²) < 4.78 is 26.8. The highest BCUT2D eigenvalue weighted by molar-refractivity contribution is 7.89. The zero-order valence-electron chi connectivity index (χ0n) is 12.9. The maximum atomic E-state index is 12.2. The summed E-state index contributed by atoms with van der Waals surface area (Å²) in [5, 5.41) is 10.3. The van der Waals surface area contributed by atoms with Crippen molar-refractivity contribution in [1.29, 1.82) is 0 Å². The molecule has 0 aliphatic carbocycles. The van der Waals surface area contributed by atoms with Crippen molar-refractivity contribution in [2.45, 2.75) is 11.0 Å². The molecule has 0 aromatic heterocycles. The highest BCUT2D eigenvalue weighted by Crippen LogP contribution is 2.21. The fraction of sp³-hybridized carbons (Fsp3) is 0.250. The molecule has 5 nitrogen and oxygen atoms in total. The Morgan fingerprint density at radius 1 is 1.13 bits per heavy atom. The van der Waals surface area contributed by atoms with Gasteiger partial charge in [-0.25, -0.2) is 13.1 Å². The van der Waals surface area contributed by atoms with Crippen LogP contribution < -0.4 is 9.62 Å². The first-order valence-corrected chi connectivity index (χ1v) is 8.87. The Bertz CT molecular complexity index is 761. The third kappa shape index (κ3) is 4.45. The van der Waals surface area contributed by atoms with Gasteiger partial charge in [0.25, 0.3) is 0 Å². The van der Waals surface area contributed by atoms with Crippen molar-refractivity contribution in [3.8, 4) is 0 Å². The fourth-order valence-electron chi connectivity index (χ4n) is 2.04. The Morgan fingerprint density at radius 3 is 2.30 bits per heavy atom. The van der Waals surface area contributed by atoms with Crippen LogP contribution in [0.3, 0.4) is 0 Å². The minimum Gasteiger partial charge on any atom is -0.387 e. The lowest BCUT2D eigenvalue weighted by atomic mass is 10.1. The average molecular weight is 355 g/mol. The topological polar surface area (TPSA) is 69.6 Å². The molecule has 0 bridgehead atoms. The Kier molecular flexibility index (Phi) is 5.64. The SMILES string of the molecule is CN(C)c1ccc(C(O)CNS(=O)(=O)c2ccccc2Cl)cc1. The molecule has 23 heavy (non-hydrogen) atoms. The van der Waals surface area contributed by atoms with E-state index in [2.05, 4.69) is 4.72 Å². The van der Waals surface area contributed by atoms with E-state index in [1.54, 1.807) is 24.3 Å². The van der Waals surface area contributed by atoms with Gasteiger partial charge in [0.15, 0.2) is 0 Å². The van der Waals surface area contributed by atoms with Crippen LogP contribution in [0.25, 0.3) is 0 Å². The highest BCUT2D eigenvalue weighted by Gasteiger charge is 2.19. The van der Waals surface area contributed by atoms with Gasteiger partial charge in [-0.1, -0.05) is 35.9 Å². The first-order chi connectivity index (χ1) is 10.8. The van der Waals surface area contributed by atoms with E-state index in [-0.39, 0.29) is 16.5 Å². The second-order valence-corrected chi connectivity index (χ2v) is 7.43.